The fraction of sp³-hybridized carbons (Fsp3) is 0.471. The minimum atomic E-state index is -0.447. The zero-order valence-electron chi connectivity index (χ0n) is 13.0. The maximum Gasteiger partial charge on any atom is 0.239 e. The highest BCUT2D eigenvalue weighted by molar-refractivity contribution is 5.80. The second kappa shape index (κ2) is 8.41. The molecule has 1 amide bonds. The number of amides is 1. The van der Waals surface area contributed by atoms with Gasteiger partial charge in [0.1, 0.15) is 0 Å². The van der Waals surface area contributed by atoms with Gasteiger partial charge in [0, 0.05) is 18.3 Å². The van der Waals surface area contributed by atoms with Gasteiger partial charge < -0.3 is 15.4 Å². The number of anilines is 1. The Hall–Kier alpha value is -2.04. The molecule has 0 atom stereocenters. The Labute approximate surface area is 130 Å². The van der Waals surface area contributed by atoms with Crippen LogP contribution in [0.25, 0.3) is 0 Å². The zero-order valence-corrected chi connectivity index (χ0v) is 13.0. The zero-order chi connectivity index (χ0) is 15.8. The summed E-state index contributed by atoms with van der Waals surface area (Å²) in [4.78, 5) is 11.8. The molecule has 2 rings (SSSR count). The van der Waals surface area contributed by atoms with Crippen molar-refractivity contribution in [3.05, 3.63) is 35.7 Å². The molecule has 0 heterocycles. The molecule has 5 heteroatoms. The van der Waals surface area contributed by atoms with Crippen molar-refractivity contribution >= 4 is 11.6 Å². The molecular formula is C17H23FN2O2. The number of benzene rings is 1. The molecule has 1 aromatic rings. The molecule has 4 nitrogen and oxygen atoms in total. The Bertz CT molecular complexity index is 543. The number of hydrogen-bond acceptors (Lipinski definition) is 3. The number of hydrogen-bond donors (Lipinski definition) is 2. The molecule has 0 saturated heterocycles. The quantitative estimate of drug-likeness (QED) is 0.760. The van der Waals surface area contributed by atoms with Crippen molar-refractivity contribution in [2.24, 2.45) is 0 Å². The van der Waals surface area contributed by atoms with Gasteiger partial charge in [0.25, 0.3) is 0 Å². The number of carbonyl (C=O) groups is 1. The van der Waals surface area contributed by atoms with Crippen molar-refractivity contribution < 1.29 is 13.9 Å². The van der Waals surface area contributed by atoms with Gasteiger partial charge in [-0.3, -0.25) is 4.79 Å². The van der Waals surface area contributed by atoms with E-state index in [4.69, 9.17) is 4.74 Å². The third-order valence-corrected chi connectivity index (χ3v) is 3.76. The highest BCUT2D eigenvalue weighted by Crippen LogP contribution is 2.20. The monoisotopic (exact) mass is 306 g/mol. The Morgan fingerprint density at radius 3 is 2.91 bits per heavy atom. The van der Waals surface area contributed by atoms with Crippen LogP contribution >= 0.6 is 0 Å². The normalized spacial score (nSPS) is 14.2. The molecule has 22 heavy (non-hydrogen) atoms. The molecule has 0 fully saturated rings. The molecule has 0 saturated carbocycles. The maximum atomic E-state index is 13.5. The van der Waals surface area contributed by atoms with Gasteiger partial charge in [0.2, 0.25) is 5.91 Å². The van der Waals surface area contributed by atoms with Crippen molar-refractivity contribution in [2.75, 3.05) is 25.5 Å². The van der Waals surface area contributed by atoms with Gasteiger partial charge in [-0.1, -0.05) is 11.6 Å². The summed E-state index contributed by atoms with van der Waals surface area (Å²) in [5.74, 6) is -0.347. The van der Waals surface area contributed by atoms with Gasteiger partial charge >= 0.3 is 0 Å². The summed E-state index contributed by atoms with van der Waals surface area (Å²) in [6.45, 7) is 0.786. The topological polar surface area (TPSA) is 50.4 Å². The fourth-order valence-corrected chi connectivity index (χ4v) is 2.52. The molecule has 0 aromatic heterocycles. The lowest BCUT2D eigenvalue weighted by Gasteiger charge is -2.13. The number of methoxy groups -OCH3 is 1. The van der Waals surface area contributed by atoms with E-state index in [1.165, 1.54) is 37.7 Å². The SMILES string of the molecule is COc1ccc(NCC(=O)NCCC2=CCCCC2)cc1F. The molecule has 0 aliphatic heterocycles. The van der Waals surface area contributed by atoms with Crippen LogP contribution < -0.4 is 15.4 Å². The fourth-order valence-electron chi connectivity index (χ4n) is 2.52. The third kappa shape index (κ3) is 5.06. The lowest BCUT2D eigenvalue weighted by Crippen LogP contribution is -2.30. The average Bonchev–Trinajstić information content (AvgIpc) is 2.54. The van der Waals surface area contributed by atoms with Crippen LogP contribution in [0.15, 0.2) is 29.8 Å². The van der Waals surface area contributed by atoms with Crippen LogP contribution in [-0.2, 0) is 4.79 Å². The lowest BCUT2D eigenvalue weighted by molar-refractivity contribution is -0.119. The predicted octanol–water partition coefficient (Wildman–Crippen LogP) is 3.25. The lowest BCUT2D eigenvalue weighted by atomic mass is 9.97. The number of carbonyl (C=O) groups excluding carboxylic acids is 1. The second-order valence-corrected chi connectivity index (χ2v) is 5.41. The molecule has 120 valence electrons. The minimum absolute atomic E-state index is 0.0902. The first-order valence-electron chi connectivity index (χ1n) is 7.71. The largest absolute Gasteiger partial charge is 0.494 e. The van der Waals surface area contributed by atoms with E-state index in [0.29, 0.717) is 12.2 Å². The number of rotatable bonds is 7. The van der Waals surface area contributed by atoms with Crippen LogP contribution in [0.5, 0.6) is 5.75 Å². The van der Waals surface area contributed by atoms with Crippen molar-refractivity contribution in [2.45, 2.75) is 32.1 Å². The van der Waals surface area contributed by atoms with E-state index < -0.39 is 5.82 Å². The van der Waals surface area contributed by atoms with Crippen LogP contribution in [0, 0.1) is 5.82 Å². The Morgan fingerprint density at radius 2 is 2.23 bits per heavy atom. The van der Waals surface area contributed by atoms with Gasteiger partial charge in [-0.2, -0.15) is 0 Å². The van der Waals surface area contributed by atoms with Crippen LogP contribution in [0.3, 0.4) is 0 Å². The standard InChI is InChI=1S/C17H23FN2O2/c1-22-16-8-7-14(11-15(16)18)20-12-17(21)19-10-9-13-5-3-2-4-6-13/h5,7-8,11,20H,2-4,6,9-10,12H2,1H3,(H,19,21). The highest BCUT2D eigenvalue weighted by Gasteiger charge is 2.06. The first kappa shape index (κ1) is 16.3. The minimum Gasteiger partial charge on any atom is -0.494 e. The van der Waals surface area contributed by atoms with E-state index in [1.54, 1.807) is 6.07 Å². The smallest absolute Gasteiger partial charge is 0.239 e. The summed E-state index contributed by atoms with van der Waals surface area (Å²) in [7, 11) is 1.42. The van der Waals surface area contributed by atoms with Gasteiger partial charge in [0.05, 0.1) is 13.7 Å². The van der Waals surface area contributed by atoms with Gasteiger partial charge in [0.15, 0.2) is 11.6 Å². The highest BCUT2D eigenvalue weighted by atomic mass is 19.1. The Kier molecular flexibility index (Phi) is 6.25. The number of nitrogens with one attached hydrogen (secondary N) is 2. The molecule has 0 radical (unpaired) electrons. The van der Waals surface area contributed by atoms with Crippen molar-refractivity contribution in [3.8, 4) is 5.75 Å². The van der Waals surface area contributed by atoms with E-state index in [9.17, 15) is 9.18 Å². The van der Waals surface area contributed by atoms with E-state index in [1.807, 2.05) is 0 Å². The van der Waals surface area contributed by atoms with Crippen LogP contribution in [-0.4, -0.2) is 26.1 Å². The molecular weight excluding hydrogens is 283 g/mol. The van der Waals surface area contributed by atoms with Gasteiger partial charge in [-0.15, -0.1) is 0 Å². The van der Waals surface area contributed by atoms with E-state index in [2.05, 4.69) is 16.7 Å². The molecule has 1 aromatic carbocycles. The average molecular weight is 306 g/mol. The summed E-state index contributed by atoms with van der Waals surface area (Å²) >= 11 is 0. The second-order valence-electron chi connectivity index (χ2n) is 5.41. The molecule has 0 unspecified atom stereocenters. The summed E-state index contributed by atoms with van der Waals surface area (Å²) in [5.41, 5.74) is 2.00. The first-order valence-corrected chi connectivity index (χ1v) is 7.71. The van der Waals surface area contributed by atoms with Gasteiger partial charge in [-0.05, 0) is 44.2 Å². The van der Waals surface area contributed by atoms with Crippen LogP contribution in [0.1, 0.15) is 32.1 Å². The molecule has 0 spiro atoms. The molecule has 2 N–H and O–H groups in total. The maximum absolute atomic E-state index is 13.5. The third-order valence-electron chi connectivity index (χ3n) is 3.76. The van der Waals surface area contributed by atoms with Gasteiger partial charge in [-0.25, -0.2) is 4.39 Å². The van der Waals surface area contributed by atoms with Crippen molar-refractivity contribution in [3.63, 3.8) is 0 Å². The molecule has 1 aliphatic rings. The Morgan fingerprint density at radius 1 is 1.36 bits per heavy atom. The van der Waals surface area contributed by atoms with Crippen molar-refractivity contribution in [1.29, 1.82) is 0 Å². The Balaban J connectivity index is 1.69. The van der Waals surface area contributed by atoms with E-state index in [0.717, 1.165) is 19.3 Å². The van der Waals surface area contributed by atoms with E-state index in [-0.39, 0.29) is 18.2 Å². The summed E-state index contributed by atoms with van der Waals surface area (Å²) in [6, 6.07) is 4.53. The van der Waals surface area contributed by atoms with E-state index >= 15 is 0 Å². The summed E-state index contributed by atoms with van der Waals surface area (Å²) < 4.78 is 18.4. The first-order chi connectivity index (χ1) is 10.7. The number of halogens is 1. The summed E-state index contributed by atoms with van der Waals surface area (Å²) in [6.07, 6.45) is 8.05. The summed E-state index contributed by atoms with van der Waals surface area (Å²) in [5, 5.41) is 5.78. The van der Waals surface area contributed by atoms with Crippen molar-refractivity contribution in [1.82, 2.24) is 5.32 Å². The van der Waals surface area contributed by atoms with Crippen LogP contribution in [0.2, 0.25) is 0 Å². The molecule has 1 aliphatic carbocycles. The molecule has 0 bridgehead atoms. The number of ether oxygens (including phenoxy) is 1. The number of allylic oxidation sites excluding steroid dienone is 1. The predicted molar refractivity (Wildman–Crippen MR) is 85.6 cm³/mol. The van der Waals surface area contributed by atoms with Crippen LogP contribution in [0.4, 0.5) is 10.1 Å².